The Morgan fingerprint density at radius 3 is 2.19 bits per heavy atom. The molecule has 144 valence electrons. The number of benzene rings is 2. The lowest BCUT2D eigenvalue weighted by molar-refractivity contribution is 0.332. The van der Waals surface area contributed by atoms with Gasteiger partial charge in [0.2, 0.25) is 10.0 Å². The highest BCUT2D eigenvalue weighted by Crippen LogP contribution is 2.43. The van der Waals surface area contributed by atoms with Crippen LogP contribution in [0.4, 0.5) is 0 Å². The van der Waals surface area contributed by atoms with Gasteiger partial charge in [-0.15, -0.1) is 0 Å². The molecule has 8 heteroatoms. The highest BCUT2D eigenvalue weighted by atomic mass is 32.2. The third-order valence-electron chi connectivity index (χ3n) is 4.41. The molecule has 2 aromatic rings. The Kier molecular flexibility index (Phi) is 5.27. The summed E-state index contributed by atoms with van der Waals surface area (Å²) < 4.78 is 42.2. The van der Waals surface area contributed by atoms with Gasteiger partial charge in [-0.25, -0.2) is 8.42 Å². The fourth-order valence-electron chi connectivity index (χ4n) is 3.19. The van der Waals surface area contributed by atoms with Crippen LogP contribution in [-0.4, -0.2) is 46.1 Å². The van der Waals surface area contributed by atoms with E-state index in [-0.39, 0.29) is 0 Å². The molecule has 0 bridgehead atoms. The molecule has 2 aromatic carbocycles. The minimum Gasteiger partial charge on any atom is -0.497 e. The van der Waals surface area contributed by atoms with Crippen molar-refractivity contribution in [3.05, 3.63) is 53.6 Å². The van der Waals surface area contributed by atoms with Crippen molar-refractivity contribution in [2.24, 2.45) is 5.10 Å². The van der Waals surface area contributed by atoms with E-state index in [0.29, 0.717) is 34.9 Å². The van der Waals surface area contributed by atoms with Gasteiger partial charge in [-0.2, -0.15) is 9.52 Å². The third-order valence-corrected chi connectivity index (χ3v) is 5.43. The van der Waals surface area contributed by atoms with E-state index < -0.39 is 16.1 Å². The number of hydrogen-bond donors (Lipinski definition) is 0. The van der Waals surface area contributed by atoms with Gasteiger partial charge in [0.25, 0.3) is 0 Å². The van der Waals surface area contributed by atoms with E-state index >= 15 is 0 Å². The molecule has 0 saturated heterocycles. The molecule has 0 radical (unpaired) electrons. The quantitative estimate of drug-likeness (QED) is 0.758. The Labute approximate surface area is 159 Å². The minimum atomic E-state index is -3.60. The minimum absolute atomic E-state index is 0.386. The first-order valence-electron chi connectivity index (χ1n) is 8.31. The first-order chi connectivity index (χ1) is 12.9. The van der Waals surface area contributed by atoms with Crippen molar-refractivity contribution < 1.29 is 22.6 Å². The first kappa shape index (κ1) is 19.0. The van der Waals surface area contributed by atoms with Crippen molar-refractivity contribution in [1.29, 1.82) is 0 Å². The van der Waals surface area contributed by atoms with Crippen LogP contribution in [0, 0.1) is 0 Å². The average molecular weight is 390 g/mol. The van der Waals surface area contributed by atoms with Crippen LogP contribution in [0.5, 0.6) is 17.2 Å². The second kappa shape index (κ2) is 7.48. The van der Waals surface area contributed by atoms with Gasteiger partial charge in [-0.1, -0.05) is 18.2 Å². The topological polar surface area (TPSA) is 77.4 Å². The van der Waals surface area contributed by atoms with E-state index in [2.05, 4.69) is 5.10 Å². The summed E-state index contributed by atoms with van der Waals surface area (Å²) in [5.41, 5.74) is 2.10. The molecule has 0 fully saturated rings. The van der Waals surface area contributed by atoms with Gasteiger partial charge in [0, 0.05) is 12.0 Å². The van der Waals surface area contributed by atoms with Crippen molar-refractivity contribution in [2.45, 2.75) is 12.5 Å². The molecule has 1 atom stereocenters. The highest BCUT2D eigenvalue weighted by Gasteiger charge is 2.38. The Morgan fingerprint density at radius 2 is 1.63 bits per heavy atom. The van der Waals surface area contributed by atoms with Crippen LogP contribution in [0.2, 0.25) is 0 Å². The van der Waals surface area contributed by atoms with Crippen LogP contribution in [0.15, 0.2) is 47.6 Å². The van der Waals surface area contributed by atoms with Crippen LogP contribution in [0.25, 0.3) is 0 Å². The zero-order valence-corrected chi connectivity index (χ0v) is 16.5. The SMILES string of the molecule is COc1cccc(C2=NN(S(C)(=O)=O)C(c3c(OC)cccc3OC)C2)c1. The molecule has 27 heavy (non-hydrogen) atoms. The van der Waals surface area contributed by atoms with Crippen molar-refractivity contribution >= 4 is 15.7 Å². The normalized spacial score (nSPS) is 16.8. The van der Waals surface area contributed by atoms with Crippen LogP contribution in [0.1, 0.15) is 23.6 Å². The van der Waals surface area contributed by atoms with Gasteiger partial charge in [-0.05, 0) is 24.3 Å². The number of hydrazone groups is 1. The smallest absolute Gasteiger partial charge is 0.247 e. The average Bonchev–Trinajstić information content (AvgIpc) is 3.12. The lowest BCUT2D eigenvalue weighted by Gasteiger charge is -2.24. The Bertz CT molecular complexity index is 950. The van der Waals surface area contributed by atoms with Crippen molar-refractivity contribution in [3.8, 4) is 17.2 Å². The van der Waals surface area contributed by atoms with E-state index in [0.717, 1.165) is 16.2 Å². The predicted molar refractivity (Wildman–Crippen MR) is 103 cm³/mol. The van der Waals surface area contributed by atoms with E-state index in [4.69, 9.17) is 14.2 Å². The Hall–Kier alpha value is -2.74. The molecule has 1 aliphatic heterocycles. The molecular weight excluding hydrogens is 368 g/mol. The first-order valence-corrected chi connectivity index (χ1v) is 10.2. The standard InChI is InChI=1S/C19H22N2O5S/c1-24-14-8-5-7-13(11-14)15-12-16(21(20-15)27(4,22)23)19-17(25-2)9-6-10-18(19)26-3/h5-11,16H,12H2,1-4H3. The Balaban J connectivity index is 2.10. The second-order valence-corrected chi connectivity index (χ2v) is 7.95. The zero-order valence-electron chi connectivity index (χ0n) is 15.7. The lowest BCUT2D eigenvalue weighted by atomic mass is 9.97. The van der Waals surface area contributed by atoms with E-state index in [1.807, 2.05) is 24.3 Å². The third kappa shape index (κ3) is 3.71. The van der Waals surface area contributed by atoms with Gasteiger partial charge in [0.15, 0.2) is 0 Å². The highest BCUT2D eigenvalue weighted by molar-refractivity contribution is 7.88. The number of rotatable bonds is 6. The van der Waals surface area contributed by atoms with Crippen molar-refractivity contribution in [3.63, 3.8) is 0 Å². The van der Waals surface area contributed by atoms with Crippen LogP contribution < -0.4 is 14.2 Å². The molecule has 1 unspecified atom stereocenters. The number of hydrogen-bond acceptors (Lipinski definition) is 6. The zero-order chi connectivity index (χ0) is 19.6. The largest absolute Gasteiger partial charge is 0.497 e. The van der Waals surface area contributed by atoms with Gasteiger partial charge in [0.1, 0.15) is 23.3 Å². The molecule has 0 spiro atoms. The van der Waals surface area contributed by atoms with Crippen LogP contribution in [0.3, 0.4) is 0 Å². The van der Waals surface area contributed by atoms with Crippen LogP contribution >= 0.6 is 0 Å². The van der Waals surface area contributed by atoms with E-state index in [9.17, 15) is 8.42 Å². The molecule has 3 rings (SSSR count). The molecular formula is C19H22N2O5S. The number of nitrogens with zero attached hydrogens (tertiary/aromatic N) is 2. The molecule has 7 nitrogen and oxygen atoms in total. The van der Waals surface area contributed by atoms with Gasteiger partial charge in [0.05, 0.1) is 38.9 Å². The predicted octanol–water partition coefficient (Wildman–Crippen LogP) is 2.82. The molecule has 0 saturated carbocycles. The van der Waals surface area contributed by atoms with E-state index in [1.165, 1.54) is 0 Å². The summed E-state index contributed by atoms with van der Waals surface area (Å²) in [6, 6.07) is 12.2. The van der Waals surface area contributed by atoms with Crippen LogP contribution in [-0.2, 0) is 10.0 Å². The van der Waals surface area contributed by atoms with Crippen molar-refractivity contribution in [2.75, 3.05) is 27.6 Å². The maximum Gasteiger partial charge on any atom is 0.247 e. The lowest BCUT2D eigenvalue weighted by Crippen LogP contribution is -2.26. The second-order valence-electron chi connectivity index (χ2n) is 6.11. The summed E-state index contributed by atoms with van der Waals surface area (Å²) >= 11 is 0. The maximum absolute atomic E-state index is 12.4. The molecule has 0 aromatic heterocycles. The summed E-state index contributed by atoms with van der Waals surface area (Å²) in [4.78, 5) is 0. The van der Waals surface area contributed by atoms with Gasteiger partial charge in [-0.3, -0.25) is 0 Å². The molecule has 0 aliphatic carbocycles. The Morgan fingerprint density at radius 1 is 1.00 bits per heavy atom. The fraction of sp³-hybridized carbons (Fsp3) is 0.316. The van der Waals surface area contributed by atoms with Gasteiger partial charge < -0.3 is 14.2 Å². The summed E-state index contributed by atoms with van der Waals surface area (Å²) in [6.45, 7) is 0. The molecule has 0 amide bonds. The number of methoxy groups -OCH3 is 3. The molecule has 1 aliphatic rings. The fourth-order valence-corrected chi connectivity index (χ4v) is 4.08. The van der Waals surface area contributed by atoms with Crippen molar-refractivity contribution in [1.82, 2.24) is 4.41 Å². The monoisotopic (exact) mass is 390 g/mol. The summed E-state index contributed by atoms with van der Waals surface area (Å²) in [7, 11) is 1.07. The van der Waals surface area contributed by atoms with Gasteiger partial charge >= 0.3 is 0 Å². The summed E-state index contributed by atoms with van der Waals surface area (Å²) in [5, 5.41) is 4.41. The summed E-state index contributed by atoms with van der Waals surface area (Å²) in [5.74, 6) is 1.78. The van der Waals surface area contributed by atoms with E-state index in [1.54, 1.807) is 39.5 Å². The molecule has 0 N–H and O–H groups in total. The number of sulfonamides is 1. The number of ether oxygens (including phenoxy) is 3. The molecule has 1 heterocycles. The summed E-state index contributed by atoms with van der Waals surface area (Å²) in [6.07, 6.45) is 1.52. The maximum atomic E-state index is 12.4.